The van der Waals surface area contributed by atoms with Crippen LogP contribution < -0.4 is 0 Å². The summed E-state index contributed by atoms with van der Waals surface area (Å²) in [6.45, 7) is -0.735. The Labute approximate surface area is 62.5 Å². The maximum Gasteiger partial charge on any atom is 0.354 e. The molecule has 0 saturated carbocycles. The van der Waals surface area contributed by atoms with E-state index in [1.54, 1.807) is 0 Å². The summed E-state index contributed by atoms with van der Waals surface area (Å²) in [4.78, 5) is 13.8. The fourth-order valence-corrected chi connectivity index (χ4v) is 0.673. The van der Waals surface area contributed by atoms with E-state index in [-0.39, 0.29) is 11.4 Å². The second kappa shape index (κ2) is 3.09. The zero-order valence-corrected chi connectivity index (χ0v) is 5.62. The average Bonchev–Trinajstić information content (AvgIpc) is 2.05. The highest BCUT2D eigenvalue weighted by atomic mass is 19.1. The van der Waals surface area contributed by atoms with Crippen molar-refractivity contribution in [2.75, 3.05) is 0 Å². The van der Waals surface area contributed by atoms with E-state index in [1.165, 1.54) is 18.2 Å². The lowest BCUT2D eigenvalue weighted by molar-refractivity contribution is 0.0690. The normalized spacial score (nSPS) is 9.55. The van der Waals surface area contributed by atoms with Gasteiger partial charge in [0.2, 0.25) is 0 Å². The summed E-state index contributed by atoms with van der Waals surface area (Å²) in [5.74, 6) is -1.14. The van der Waals surface area contributed by atoms with Crippen LogP contribution in [0, 0.1) is 0 Å². The molecule has 1 rings (SSSR count). The third kappa shape index (κ3) is 1.73. The summed E-state index contributed by atoms with van der Waals surface area (Å²) < 4.78 is 11.9. The summed E-state index contributed by atoms with van der Waals surface area (Å²) in [7, 11) is 0. The number of carboxylic acids is 1. The van der Waals surface area contributed by atoms with Gasteiger partial charge in [0.25, 0.3) is 0 Å². The van der Waals surface area contributed by atoms with Gasteiger partial charge >= 0.3 is 5.97 Å². The Hall–Kier alpha value is -1.45. The number of hydrogen-bond donors (Lipinski definition) is 1. The first kappa shape index (κ1) is 7.65. The minimum Gasteiger partial charge on any atom is -0.477 e. The first-order valence-corrected chi connectivity index (χ1v) is 2.99. The van der Waals surface area contributed by atoms with E-state index in [0.29, 0.717) is 0 Å². The summed E-state index contributed by atoms with van der Waals surface area (Å²) in [6.07, 6.45) is 0. The van der Waals surface area contributed by atoms with Crippen molar-refractivity contribution < 1.29 is 14.3 Å². The van der Waals surface area contributed by atoms with Crippen molar-refractivity contribution in [3.63, 3.8) is 0 Å². The lowest BCUT2D eigenvalue weighted by atomic mass is 10.3. The molecule has 1 aromatic rings. The van der Waals surface area contributed by atoms with Gasteiger partial charge in [0.15, 0.2) is 0 Å². The molecular weight excluding hydrogens is 149 g/mol. The second-order valence-corrected chi connectivity index (χ2v) is 1.95. The molecule has 0 aliphatic carbocycles. The van der Waals surface area contributed by atoms with E-state index in [4.69, 9.17) is 5.11 Å². The van der Waals surface area contributed by atoms with Crippen molar-refractivity contribution in [3.05, 3.63) is 29.6 Å². The van der Waals surface area contributed by atoms with Crippen LogP contribution in [0.5, 0.6) is 0 Å². The number of aromatic nitrogens is 1. The van der Waals surface area contributed by atoms with E-state index >= 15 is 0 Å². The molecule has 3 nitrogen and oxygen atoms in total. The van der Waals surface area contributed by atoms with E-state index in [0.717, 1.165) is 0 Å². The summed E-state index contributed by atoms with van der Waals surface area (Å²) in [5, 5.41) is 8.42. The SMILES string of the molecule is O=C(O)c1cccc(CF)n1. The molecule has 0 aliphatic heterocycles. The second-order valence-electron chi connectivity index (χ2n) is 1.95. The van der Waals surface area contributed by atoms with Crippen LogP contribution in [0.15, 0.2) is 18.2 Å². The zero-order valence-electron chi connectivity index (χ0n) is 5.62. The van der Waals surface area contributed by atoms with Crippen LogP contribution in [0.25, 0.3) is 0 Å². The highest BCUT2D eigenvalue weighted by Crippen LogP contribution is 2.00. The smallest absolute Gasteiger partial charge is 0.354 e. The lowest BCUT2D eigenvalue weighted by Gasteiger charge is -1.94. The summed E-state index contributed by atoms with van der Waals surface area (Å²) in [6, 6.07) is 4.22. The van der Waals surface area contributed by atoms with Crippen molar-refractivity contribution in [2.24, 2.45) is 0 Å². The van der Waals surface area contributed by atoms with Crippen molar-refractivity contribution in [1.29, 1.82) is 0 Å². The third-order valence-corrected chi connectivity index (χ3v) is 1.16. The van der Waals surface area contributed by atoms with Gasteiger partial charge in [-0.1, -0.05) is 6.07 Å². The Bertz CT molecular complexity index is 275. The lowest BCUT2D eigenvalue weighted by Crippen LogP contribution is -2.01. The molecule has 0 aliphatic rings. The Morgan fingerprint density at radius 2 is 2.36 bits per heavy atom. The quantitative estimate of drug-likeness (QED) is 0.699. The largest absolute Gasteiger partial charge is 0.477 e. The number of hydrogen-bond acceptors (Lipinski definition) is 2. The number of aromatic carboxylic acids is 1. The number of carboxylic acid groups (broad SMARTS) is 1. The molecule has 58 valence electrons. The van der Waals surface area contributed by atoms with E-state index in [9.17, 15) is 9.18 Å². The number of nitrogens with zero attached hydrogens (tertiary/aromatic N) is 1. The molecule has 11 heavy (non-hydrogen) atoms. The van der Waals surface area contributed by atoms with Gasteiger partial charge in [-0.3, -0.25) is 0 Å². The number of rotatable bonds is 2. The van der Waals surface area contributed by atoms with Crippen molar-refractivity contribution in [1.82, 2.24) is 4.98 Å². The monoisotopic (exact) mass is 155 g/mol. The van der Waals surface area contributed by atoms with Crippen molar-refractivity contribution >= 4 is 5.97 Å². The van der Waals surface area contributed by atoms with Crippen LogP contribution in [0.1, 0.15) is 16.2 Å². The van der Waals surface area contributed by atoms with Crippen LogP contribution in [-0.4, -0.2) is 16.1 Å². The topological polar surface area (TPSA) is 50.2 Å². The van der Waals surface area contributed by atoms with E-state index in [1.807, 2.05) is 0 Å². The highest BCUT2D eigenvalue weighted by molar-refractivity contribution is 5.85. The fourth-order valence-electron chi connectivity index (χ4n) is 0.673. The van der Waals surface area contributed by atoms with E-state index < -0.39 is 12.6 Å². The molecule has 1 N–H and O–H groups in total. The van der Waals surface area contributed by atoms with Crippen LogP contribution >= 0.6 is 0 Å². The number of halogens is 1. The molecule has 0 atom stereocenters. The fraction of sp³-hybridized carbons (Fsp3) is 0.143. The number of pyridine rings is 1. The number of carbonyl (C=O) groups is 1. The Kier molecular flexibility index (Phi) is 2.15. The summed E-state index contributed by atoms with van der Waals surface area (Å²) in [5.41, 5.74) is 0.0186. The Morgan fingerprint density at radius 3 is 2.91 bits per heavy atom. The molecule has 0 unspecified atom stereocenters. The molecule has 0 fully saturated rings. The highest BCUT2D eigenvalue weighted by Gasteiger charge is 2.03. The van der Waals surface area contributed by atoms with Crippen LogP contribution in [-0.2, 0) is 6.67 Å². The van der Waals surface area contributed by atoms with Gasteiger partial charge in [0, 0.05) is 0 Å². The van der Waals surface area contributed by atoms with Crippen LogP contribution in [0.4, 0.5) is 4.39 Å². The molecular formula is C7H6FNO2. The maximum atomic E-state index is 11.9. The van der Waals surface area contributed by atoms with Gasteiger partial charge < -0.3 is 5.11 Å². The van der Waals surface area contributed by atoms with Crippen LogP contribution in [0.2, 0.25) is 0 Å². The standard InChI is InChI=1S/C7H6FNO2/c8-4-5-2-1-3-6(9-5)7(10)11/h1-3H,4H2,(H,10,11). The summed E-state index contributed by atoms with van der Waals surface area (Å²) >= 11 is 0. The molecule has 1 heterocycles. The molecule has 0 bridgehead atoms. The molecule has 4 heteroatoms. The molecule has 0 saturated heterocycles. The number of alkyl halides is 1. The van der Waals surface area contributed by atoms with Gasteiger partial charge in [0.05, 0.1) is 5.69 Å². The van der Waals surface area contributed by atoms with E-state index in [2.05, 4.69) is 4.98 Å². The maximum absolute atomic E-state index is 11.9. The average molecular weight is 155 g/mol. The first-order valence-electron chi connectivity index (χ1n) is 2.99. The minimum atomic E-state index is -1.14. The van der Waals surface area contributed by atoms with Gasteiger partial charge in [-0.2, -0.15) is 0 Å². The van der Waals surface area contributed by atoms with Gasteiger partial charge in [-0.15, -0.1) is 0 Å². The van der Waals surface area contributed by atoms with Gasteiger partial charge in [0.1, 0.15) is 12.4 Å². The predicted octanol–water partition coefficient (Wildman–Crippen LogP) is 1.25. The van der Waals surface area contributed by atoms with Crippen molar-refractivity contribution in [3.8, 4) is 0 Å². The Morgan fingerprint density at radius 1 is 1.64 bits per heavy atom. The van der Waals surface area contributed by atoms with Crippen molar-refractivity contribution in [2.45, 2.75) is 6.67 Å². The van der Waals surface area contributed by atoms with Gasteiger partial charge in [-0.25, -0.2) is 14.2 Å². The predicted molar refractivity (Wildman–Crippen MR) is 36.0 cm³/mol. The Balaban J connectivity index is 3.01. The minimum absolute atomic E-state index is 0.125. The first-order chi connectivity index (χ1) is 5.24. The molecule has 0 spiro atoms. The third-order valence-electron chi connectivity index (χ3n) is 1.16. The van der Waals surface area contributed by atoms with Gasteiger partial charge in [-0.05, 0) is 12.1 Å². The zero-order chi connectivity index (χ0) is 8.27. The van der Waals surface area contributed by atoms with Crippen LogP contribution in [0.3, 0.4) is 0 Å². The molecule has 0 amide bonds. The molecule has 0 aromatic carbocycles. The molecule has 1 aromatic heterocycles. The molecule has 0 radical (unpaired) electrons.